The first kappa shape index (κ1) is 16.5. The second-order valence-electron chi connectivity index (χ2n) is 5.89. The summed E-state index contributed by atoms with van der Waals surface area (Å²) < 4.78 is 24.4. The number of methoxy groups -OCH3 is 1. The number of ether oxygens (including phenoxy) is 4. The van der Waals surface area contributed by atoms with Crippen LogP contribution in [0.3, 0.4) is 0 Å². The number of benzene rings is 2. The Bertz CT molecular complexity index is 905. The predicted octanol–water partition coefficient (Wildman–Crippen LogP) is 2.35. The highest BCUT2D eigenvalue weighted by Gasteiger charge is 2.17. The molecule has 0 saturated carbocycles. The van der Waals surface area contributed by atoms with Gasteiger partial charge in [-0.15, -0.1) is 0 Å². The van der Waals surface area contributed by atoms with Gasteiger partial charge in [0.15, 0.2) is 11.5 Å². The van der Waals surface area contributed by atoms with Gasteiger partial charge in [0, 0.05) is 12.1 Å². The highest BCUT2D eigenvalue weighted by atomic mass is 16.6. The average Bonchev–Trinajstić information content (AvgIpc) is 3.03. The molecule has 0 unspecified atom stereocenters. The summed E-state index contributed by atoms with van der Waals surface area (Å²) in [5, 5.41) is 0. The van der Waals surface area contributed by atoms with Crippen molar-refractivity contribution in [2.75, 3.05) is 26.9 Å². The summed E-state index contributed by atoms with van der Waals surface area (Å²) >= 11 is 0. The van der Waals surface area contributed by atoms with Crippen molar-refractivity contribution in [1.82, 2.24) is 9.55 Å². The van der Waals surface area contributed by atoms with Crippen LogP contribution in [0.1, 0.15) is 5.82 Å². The summed E-state index contributed by atoms with van der Waals surface area (Å²) in [5.74, 6) is 3.87. The van der Waals surface area contributed by atoms with Crippen molar-refractivity contribution in [2.45, 2.75) is 13.1 Å². The van der Waals surface area contributed by atoms with E-state index in [1.165, 1.54) is 0 Å². The lowest BCUT2D eigenvalue weighted by molar-refractivity contribution is 0.172. The van der Waals surface area contributed by atoms with Gasteiger partial charge in [0.1, 0.15) is 37.1 Å². The lowest BCUT2D eigenvalue weighted by atomic mass is 10.2. The molecule has 4 rings (SSSR count). The Morgan fingerprint density at radius 1 is 1.08 bits per heavy atom. The maximum Gasteiger partial charge on any atom is 0.163 e. The SMILES string of the molecule is COc1ccc(OCCn2c(CN)nc3cc4c(cc32)OCCO4)cc1. The fourth-order valence-corrected chi connectivity index (χ4v) is 3.04. The van der Waals surface area contributed by atoms with Crippen molar-refractivity contribution in [2.24, 2.45) is 5.73 Å². The number of fused-ring (bicyclic) bond motifs is 2. The van der Waals surface area contributed by atoms with Crippen LogP contribution < -0.4 is 24.7 Å². The van der Waals surface area contributed by atoms with Crippen LogP contribution in [0.25, 0.3) is 11.0 Å². The molecule has 1 aliphatic heterocycles. The number of aromatic nitrogens is 2. The second-order valence-corrected chi connectivity index (χ2v) is 5.89. The van der Waals surface area contributed by atoms with Crippen LogP contribution in [0.4, 0.5) is 0 Å². The molecule has 0 aliphatic carbocycles. The third kappa shape index (κ3) is 3.13. The monoisotopic (exact) mass is 355 g/mol. The van der Waals surface area contributed by atoms with Crippen molar-refractivity contribution < 1.29 is 18.9 Å². The zero-order chi connectivity index (χ0) is 17.9. The Balaban J connectivity index is 1.54. The molecule has 0 radical (unpaired) electrons. The standard InChI is InChI=1S/C19H21N3O4/c1-23-13-2-4-14(5-3-13)24-7-6-22-16-11-18-17(25-8-9-26-18)10-15(16)21-19(22)12-20/h2-5,10-11H,6-9,12,20H2,1H3. The lowest BCUT2D eigenvalue weighted by Gasteiger charge is -2.18. The summed E-state index contributed by atoms with van der Waals surface area (Å²) in [4.78, 5) is 4.62. The molecule has 136 valence electrons. The second kappa shape index (κ2) is 7.13. The zero-order valence-electron chi connectivity index (χ0n) is 14.6. The Kier molecular flexibility index (Phi) is 4.53. The zero-order valence-corrected chi connectivity index (χ0v) is 14.6. The van der Waals surface area contributed by atoms with Crippen LogP contribution >= 0.6 is 0 Å². The van der Waals surface area contributed by atoms with Crippen LogP contribution in [-0.4, -0.2) is 36.5 Å². The van der Waals surface area contributed by atoms with E-state index in [-0.39, 0.29) is 0 Å². The number of rotatable bonds is 6. The van der Waals surface area contributed by atoms with E-state index in [9.17, 15) is 0 Å². The molecule has 2 N–H and O–H groups in total. The van der Waals surface area contributed by atoms with Crippen LogP contribution in [0, 0.1) is 0 Å². The number of nitrogens with zero attached hydrogens (tertiary/aromatic N) is 2. The summed E-state index contributed by atoms with van der Waals surface area (Å²) in [5.41, 5.74) is 7.69. The van der Waals surface area contributed by atoms with Crippen molar-refractivity contribution in [3.8, 4) is 23.0 Å². The maximum absolute atomic E-state index is 5.88. The van der Waals surface area contributed by atoms with Crippen LogP contribution in [0.5, 0.6) is 23.0 Å². The molecule has 0 atom stereocenters. The highest BCUT2D eigenvalue weighted by molar-refractivity contribution is 5.80. The van der Waals surface area contributed by atoms with Gasteiger partial charge in [0.25, 0.3) is 0 Å². The van der Waals surface area contributed by atoms with Gasteiger partial charge in [0.05, 0.1) is 31.2 Å². The Hall–Kier alpha value is -2.93. The third-order valence-corrected chi connectivity index (χ3v) is 4.32. The fraction of sp³-hybridized carbons (Fsp3) is 0.316. The van der Waals surface area contributed by atoms with Crippen LogP contribution in [-0.2, 0) is 13.1 Å². The average molecular weight is 355 g/mol. The van der Waals surface area contributed by atoms with Crippen LogP contribution in [0.15, 0.2) is 36.4 Å². The van der Waals surface area contributed by atoms with Crippen molar-refractivity contribution >= 4 is 11.0 Å². The van der Waals surface area contributed by atoms with Crippen molar-refractivity contribution in [1.29, 1.82) is 0 Å². The van der Waals surface area contributed by atoms with Gasteiger partial charge in [0.2, 0.25) is 0 Å². The molecule has 1 aliphatic rings. The van der Waals surface area contributed by atoms with Gasteiger partial charge in [-0.2, -0.15) is 0 Å². The number of hydrogen-bond acceptors (Lipinski definition) is 6. The fourth-order valence-electron chi connectivity index (χ4n) is 3.04. The molecule has 26 heavy (non-hydrogen) atoms. The van der Waals surface area contributed by atoms with E-state index in [1.807, 2.05) is 36.4 Å². The summed E-state index contributed by atoms with van der Waals surface area (Å²) in [6.07, 6.45) is 0. The predicted molar refractivity (Wildman–Crippen MR) is 97.1 cm³/mol. The molecular weight excluding hydrogens is 334 g/mol. The normalized spacial score (nSPS) is 13.0. The van der Waals surface area contributed by atoms with Gasteiger partial charge in [-0.1, -0.05) is 0 Å². The molecule has 2 aromatic carbocycles. The molecule has 0 amide bonds. The molecule has 0 spiro atoms. The first-order valence-electron chi connectivity index (χ1n) is 8.54. The first-order valence-corrected chi connectivity index (χ1v) is 8.54. The quantitative estimate of drug-likeness (QED) is 0.731. The van der Waals surface area contributed by atoms with Crippen molar-refractivity contribution in [3.63, 3.8) is 0 Å². The first-order chi connectivity index (χ1) is 12.8. The number of hydrogen-bond donors (Lipinski definition) is 1. The smallest absolute Gasteiger partial charge is 0.163 e. The molecule has 0 saturated heterocycles. The van der Waals surface area contributed by atoms with E-state index in [1.54, 1.807) is 7.11 Å². The van der Waals surface area contributed by atoms with E-state index in [4.69, 9.17) is 24.7 Å². The minimum absolute atomic E-state index is 0.351. The van der Waals surface area contributed by atoms with E-state index >= 15 is 0 Å². The molecule has 0 fully saturated rings. The third-order valence-electron chi connectivity index (χ3n) is 4.32. The van der Waals surface area contributed by atoms with Gasteiger partial charge in [-0.05, 0) is 24.3 Å². The maximum atomic E-state index is 5.88. The molecule has 2 heterocycles. The van der Waals surface area contributed by atoms with Gasteiger partial charge in [-0.25, -0.2) is 4.98 Å². The minimum atomic E-state index is 0.351. The summed E-state index contributed by atoms with van der Waals surface area (Å²) in [6, 6.07) is 11.4. The Labute approximate surface area is 151 Å². The van der Waals surface area contributed by atoms with E-state index in [0.717, 1.165) is 39.9 Å². The van der Waals surface area contributed by atoms with Gasteiger partial charge < -0.3 is 29.2 Å². The number of nitrogens with two attached hydrogens (primary N) is 1. The van der Waals surface area contributed by atoms with Gasteiger partial charge >= 0.3 is 0 Å². The minimum Gasteiger partial charge on any atom is -0.497 e. The topological polar surface area (TPSA) is 80.8 Å². The van der Waals surface area contributed by atoms with E-state index < -0.39 is 0 Å². The lowest BCUT2D eigenvalue weighted by Crippen LogP contribution is -2.16. The highest BCUT2D eigenvalue weighted by Crippen LogP contribution is 2.34. The molecule has 7 nitrogen and oxygen atoms in total. The molecule has 1 aromatic heterocycles. The molecule has 3 aromatic rings. The molecule has 0 bridgehead atoms. The van der Waals surface area contributed by atoms with Crippen LogP contribution in [0.2, 0.25) is 0 Å². The molecular formula is C19H21N3O4. The van der Waals surface area contributed by atoms with Gasteiger partial charge in [-0.3, -0.25) is 0 Å². The number of imidazole rings is 1. The van der Waals surface area contributed by atoms with E-state index in [0.29, 0.717) is 32.9 Å². The summed E-state index contributed by atoms with van der Waals surface area (Å²) in [6.45, 7) is 2.59. The Morgan fingerprint density at radius 3 is 2.46 bits per heavy atom. The molecule has 7 heteroatoms. The largest absolute Gasteiger partial charge is 0.497 e. The van der Waals surface area contributed by atoms with Crippen molar-refractivity contribution in [3.05, 3.63) is 42.2 Å². The van der Waals surface area contributed by atoms with E-state index in [2.05, 4.69) is 9.55 Å². The Morgan fingerprint density at radius 2 is 1.77 bits per heavy atom. The summed E-state index contributed by atoms with van der Waals surface area (Å²) in [7, 11) is 1.64.